The summed E-state index contributed by atoms with van der Waals surface area (Å²) >= 11 is 0. The van der Waals surface area contributed by atoms with Crippen molar-refractivity contribution >= 4 is 5.84 Å². The molecule has 0 aromatic carbocycles. The molecule has 0 aliphatic rings. The van der Waals surface area contributed by atoms with Crippen LogP contribution in [0.2, 0.25) is 0 Å². The van der Waals surface area contributed by atoms with Gasteiger partial charge < -0.3 is 20.8 Å². The minimum Gasteiger partial charge on any atom is -0.409 e. The summed E-state index contributed by atoms with van der Waals surface area (Å²) < 4.78 is 42.2. The number of oxime groups is 1. The summed E-state index contributed by atoms with van der Waals surface area (Å²) in [6, 6.07) is 0. The van der Waals surface area contributed by atoms with Gasteiger partial charge in [0.1, 0.15) is 5.92 Å². The molecule has 0 bridgehead atoms. The number of halogens is 3. The molecule has 0 aliphatic carbocycles. The van der Waals surface area contributed by atoms with Crippen molar-refractivity contribution in [1.82, 2.24) is 15.5 Å². The maximum Gasteiger partial charge on any atom is 0.400 e. The molecular weight excluding hydrogens is 255 g/mol. The number of rotatable bonds is 5. The third kappa shape index (κ3) is 3.87. The van der Waals surface area contributed by atoms with Crippen LogP contribution in [-0.2, 0) is 6.54 Å². The van der Waals surface area contributed by atoms with Crippen molar-refractivity contribution in [3.05, 3.63) is 11.7 Å². The molecule has 7 nitrogen and oxygen atoms in total. The van der Waals surface area contributed by atoms with Gasteiger partial charge in [0.25, 0.3) is 0 Å². The lowest BCUT2D eigenvalue weighted by atomic mass is 10.1. The number of amidine groups is 1. The zero-order valence-corrected chi connectivity index (χ0v) is 9.40. The predicted octanol–water partition coefficient (Wildman–Crippen LogP) is 0.393. The van der Waals surface area contributed by atoms with Crippen LogP contribution in [0.25, 0.3) is 0 Å². The Morgan fingerprint density at radius 2 is 2.28 bits per heavy atom. The molecule has 1 atom stereocenters. The van der Waals surface area contributed by atoms with Crippen LogP contribution in [-0.4, -0.2) is 33.9 Å². The molecule has 1 aromatic rings. The van der Waals surface area contributed by atoms with Crippen molar-refractivity contribution in [2.45, 2.75) is 19.6 Å². The van der Waals surface area contributed by atoms with E-state index in [1.54, 1.807) is 6.92 Å². The standard InChI is InChI=1S/C8H12F3N5O2/c1-4-14-6(16-18-4)3-13-2-5(7(12)15-17)8(9,10)11/h5,13,17H,2-3H2,1H3,(H2,12,15). The highest BCUT2D eigenvalue weighted by Gasteiger charge is 2.42. The molecular formula is C8H12F3N5O2. The van der Waals surface area contributed by atoms with Crippen LogP contribution in [0.4, 0.5) is 13.2 Å². The first-order chi connectivity index (χ1) is 8.34. The Balaban J connectivity index is 2.53. The summed E-state index contributed by atoms with van der Waals surface area (Å²) in [5.74, 6) is -2.43. The number of nitrogens with zero attached hydrogens (tertiary/aromatic N) is 3. The molecule has 1 unspecified atom stereocenters. The van der Waals surface area contributed by atoms with Gasteiger partial charge in [-0.3, -0.25) is 0 Å². The fourth-order valence-electron chi connectivity index (χ4n) is 1.20. The highest BCUT2D eigenvalue weighted by molar-refractivity contribution is 5.83. The monoisotopic (exact) mass is 267 g/mol. The Morgan fingerprint density at radius 3 is 2.72 bits per heavy atom. The van der Waals surface area contributed by atoms with Crippen molar-refractivity contribution in [3.8, 4) is 0 Å². The molecule has 1 rings (SSSR count). The Bertz CT molecular complexity index is 417. The number of aromatic nitrogens is 2. The third-order valence-corrected chi connectivity index (χ3v) is 2.07. The van der Waals surface area contributed by atoms with Crippen LogP contribution in [0, 0.1) is 12.8 Å². The zero-order chi connectivity index (χ0) is 13.8. The Labute approximate surface area is 99.8 Å². The van der Waals surface area contributed by atoms with Crippen molar-refractivity contribution < 1.29 is 22.9 Å². The molecule has 1 aromatic heterocycles. The van der Waals surface area contributed by atoms with E-state index < -0.39 is 24.5 Å². The van der Waals surface area contributed by atoms with E-state index in [1.807, 2.05) is 0 Å². The maximum absolute atomic E-state index is 12.5. The number of aryl methyl sites for hydroxylation is 1. The van der Waals surface area contributed by atoms with Gasteiger partial charge in [-0.25, -0.2) is 0 Å². The Kier molecular flexibility index (Phi) is 4.48. The molecule has 1 heterocycles. The zero-order valence-electron chi connectivity index (χ0n) is 9.40. The third-order valence-electron chi connectivity index (χ3n) is 2.07. The van der Waals surface area contributed by atoms with Gasteiger partial charge >= 0.3 is 6.18 Å². The molecule has 18 heavy (non-hydrogen) atoms. The largest absolute Gasteiger partial charge is 0.409 e. The predicted molar refractivity (Wildman–Crippen MR) is 53.7 cm³/mol. The first-order valence-corrected chi connectivity index (χ1v) is 4.88. The lowest BCUT2D eigenvalue weighted by Gasteiger charge is -2.18. The fraction of sp³-hybridized carbons (Fsp3) is 0.625. The summed E-state index contributed by atoms with van der Waals surface area (Å²) in [5, 5.41) is 16.6. The second-order valence-corrected chi connectivity index (χ2v) is 3.48. The minimum absolute atomic E-state index is 0.0113. The Morgan fingerprint density at radius 1 is 1.61 bits per heavy atom. The van der Waals surface area contributed by atoms with E-state index >= 15 is 0 Å². The first kappa shape index (κ1) is 14.2. The molecule has 0 amide bonds. The first-order valence-electron chi connectivity index (χ1n) is 4.88. The summed E-state index contributed by atoms with van der Waals surface area (Å²) in [4.78, 5) is 3.80. The molecule has 0 saturated carbocycles. The van der Waals surface area contributed by atoms with E-state index in [2.05, 4.69) is 25.1 Å². The lowest BCUT2D eigenvalue weighted by molar-refractivity contribution is -0.155. The van der Waals surface area contributed by atoms with Crippen molar-refractivity contribution in [3.63, 3.8) is 0 Å². The summed E-state index contributed by atoms with van der Waals surface area (Å²) in [5.41, 5.74) is 4.98. The molecule has 102 valence electrons. The smallest absolute Gasteiger partial charge is 0.400 e. The second kappa shape index (κ2) is 5.67. The van der Waals surface area contributed by atoms with Gasteiger partial charge in [0, 0.05) is 13.5 Å². The molecule has 0 fully saturated rings. The molecule has 0 saturated heterocycles. The van der Waals surface area contributed by atoms with Crippen molar-refractivity contribution in [1.29, 1.82) is 0 Å². The topological polar surface area (TPSA) is 110 Å². The number of hydrogen-bond donors (Lipinski definition) is 3. The van der Waals surface area contributed by atoms with Crippen LogP contribution >= 0.6 is 0 Å². The van der Waals surface area contributed by atoms with Crippen LogP contribution in [0.15, 0.2) is 9.68 Å². The van der Waals surface area contributed by atoms with E-state index in [-0.39, 0.29) is 12.4 Å². The van der Waals surface area contributed by atoms with Gasteiger partial charge in [-0.15, -0.1) is 0 Å². The summed E-state index contributed by atoms with van der Waals surface area (Å²) in [6.45, 7) is 1.00. The quantitative estimate of drug-likeness (QED) is 0.308. The van der Waals surface area contributed by atoms with Crippen molar-refractivity contribution in [2.75, 3.05) is 6.54 Å². The molecule has 4 N–H and O–H groups in total. The average Bonchev–Trinajstić information content (AvgIpc) is 2.68. The van der Waals surface area contributed by atoms with Gasteiger partial charge in [0.05, 0.1) is 6.54 Å². The number of alkyl halides is 3. The van der Waals surface area contributed by atoms with Gasteiger partial charge in [0.2, 0.25) is 5.89 Å². The average molecular weight is 267 g/mol. The highest BCUT2D eigenvalue weighted by atomic mass is 19.4. The van der Waals surface area contributed by atoms with Crippen LogP contribution < -0.4 is 11.1 Å². The maximum atomic E-state index is 12.5. The molecule has 10 heteroatoms. The second-order valence-electron chi connectivity index (χ2n) is 3.48. The molecule has 0 radical (unpaired) electrons. The molecule has 0 aliphatic heterocycles. The van der Waals surface area contributed by atoms with Gasteiger partial charge in [0.15, 0.2) is 11.7 Å². The van der Waals surface area contributed by atoms with Gasteiger partial charge in [-0.2, -0.15) is 18.2 Å². The van der Waals surface area contributed by atoms with E-state index in [1.165, 1.54) is 0 Å². The number of nitrogens with two attached hydrogens (primary N) is 1. The van der Waals surface area contributed by atoms with Crippen molar-refractivity contribution in [2.24, 2.45) is 16.8 Å². The molecule has 0 spiro atoms. The van der Waals surface area contributed by atoms with E-state index in [0.29, 0.717) is 5.89 Å². The minimum atomic E-state index is -4.60. The van der Waals surface area contributed by atoms with Crippen LogP contribution in [0.1, 0.15) is 11.7 Å². The lowest BCUT2D eigenvalue weighted by Crippen LogP contribution is -2.42. The van der Waals surface area contributed by atoms with Crippen LogP contribution in [0.3, 0.4) is 0 Å². The van der Waals surface area contributed by atoms with E-state index in [9.17, 15) is 13.2 Å². The van der Waals surface area contributed by atoms with Gasteiger partial charge in [-0.05, 0) is 0 Å². The van der Waals surface area contributed by atoms with E-state index in [4.69, 9.17) is 10.9 Å². The highest BCUT2D eigenvalue weighted by Crippen LogP contribution is 2.25. The Hall–Kier alpha value is -1.84. The number of nitrogens with one attached hydrogen (secondary N) is 1. The summed E-state index contributed by atoms with van der Waals surface area (Å²) in [7, 11) is 0. The number of hydrogen-bond acceptors (Lipinski definition) is 6. The van der Waals surface area contributed by atoms with Gasteiger partial charge in [-0.1, -0.05) is 10.3 Å². The SMILES string of the molecule is Cc1nc(CNCC(C(N)=NO)C(F)(F)F)no1. The van der Waals surface area contributed by atoms with E-state index in [0.717, 1.165) is 0 Å². The summed E-state index contributed by atoms with van der Waals surface area (Å²) in [6.07, 6.45) is -4.60. The fourth-order valence-corrected chi connectivity index (χ4v) is 1.20. The normalized spacial score (nSPS) is 14.8. The van der Waals surface area contributed by atoms with Crippen LogP contribution in [0.5, 0.6) is 0 Å².